The Balaban J connectivity index is 1.83. The van der Waals surface area contributed by atoms with Gasteiger partial charge in [0.05, 0.1) is 0 Å². The molecular weight excluding hydrogens is 287 g/mol. The molecule has 0 unspecified atom stereocenters. The first-order valence-electron chi connectivity index (χ1n) is 5.30. The lowest BCUT2D eigenvalue weighted by Gasteiger charge is -2.27. The Kier molecular flexibility index (Phi) is 4.01. The monoisotopic (exact) mass is 304 g/mol. The normalized spacial score (nSPS) is 24.4. The molecule has 3 heteroatoms. The minimum absolute atomic E-state index is 1.07. The Bertz CT molecular complexity index is 258. The maximum absolute atomic E-state index is 3.35. The SMILES string of the molecule is IC1=CCN(CC2=CCNCC2)CC1. The molecule has 0 spiro atoms. The van der Waals surface area contributed by atoms with E-state index in [0.717, 1.165) is 19.6 Å². The summed E-state index contributed by atoms with van der Waals surface area (Å²) >= 11 is 2.45. The largest absolute Gasteiger partial charge is 0.313 e. The summed E-state index contributed by atoms with van der Waals surface area (Å²) in [5.41, 5.74) is 1.62. The Morgan fingerprint density at radius 1 is 1.36 bits per heavy atom. The number of nitrogens with zero attached hydrogens (tertiary/aromatic N) is 1. The minimum atomic E-state index is 1.07. The molecule has 0 amide bonds. The van der Waals surface area contributed by atoms with Crippen LogP contribution in [0.1, 0.15) is 12.8 Å². The Labute approximate surface area is 99.6 Å². The van der Waals surface area contributed by atoms with Crippen molar-refractivity contribution in [2.75, 3.05) is 32.7 Å². The van der Waals surface area contributed by atoms with Gasteiger partial charge in [0.15, 0.2) is 0 Å². The van der Waals surface area contributed by atoms with Gasteiger partial charge in [0, 0.05) is 26.2 Å². The predicted molar refractivity (Wildman–Crippen MR) is 68.7 cm³/mol. The fourth-order valence-electron chi connectivity index (χ4n) is 1.93. The second-order valence-electron chi connectivity index (χ2n) is 3.95. The third-order valence-corrected chi connectivity index (χ3v) is 3.80. The van der Waals surface area contributed by atoms with E-state index in [1.165, 1.54) is 29.5 Å². The molecule has 0 bridgehead atoms. The summed E-state index contributed by atoms with van der Waals surface area (Å²) in [5, 5.41) is 3.35. The van der Waals surface area contributed by atoms with Crippen LogP contribution in [0.4, 0.5) is 0 Å². The van der Waals surface area contributed by atoms with Gasteiger partial charge in [-0.25, -0.2) is 0 Å². The van der Waals surface area contributed by atoms with E-state index in [1.807, 2.05) is 0 Å². The number of hydrogen-bond donors (Lipinski definition) is 1. The fraction of sp³-hybridized carbons (Fsp3) is 0.636. The lowest BCUT2D eigenvalue weighted by Crippen LogP contribution is -2.32. The van der Waals surface area contributed by atoms with Crippen molar-refractivity contribution in [1.82, 2.24) is 10.2 Å². The molecule has 0 aromatic heterocycles. The van der Waals surface area contributed by atoms with Crippen LogP contribution in [0.3, 0.4) is 0 Å². The molecule has 2 aliphatic heterocycles. The number of hydrogen-bond acceptors (Lipinski definition) is 2. The maximum atomic E-state index is 3.35. The highest BCUT2D eigenvalue weighted by Crippen LogP contribution is 2.18. The van der Waals surface area contributed by atoms with E-state index < -0.39 is 0 Å². The maximum Gasteiger partial charge on any atom is 0.0197 e. The zero-order chi connectivity index (χ0) is 9.80. The Hall–Kier alpha value is 0.130. The molecule has 0 fully saturated rings. The molecular formula is C11H17IN2. The lowest BCUT2D eigenvalue weighted by molar-refractivity contribution is 0.318. The molecule has 78 valence electrons. The van der Waals surface area contributed by atoms with E-state index in [0.29, 0.717) is 0 Å². The first-order valence-corrected chi connectivity index (χ1v) is 6.38. The number of rotatable bonds is 2. The van der Waals surface area contributed by atoms with E-state index >= 15 is 0 Å². The van der Waals surface area contributed by atoms with Crippen LogP contribution in [-0.4, -0.2) is 37.6 Å². The van der Waals surface area contributed by atoms with Crippen molar-refractivity contribution < 1.29 is 0 Å². The molecule has 0 aromatic carbocycles. The highest BCUT2D eigenvalue weighted by Gasteiger charge is 2.12. The van der Waals surface area contributed by atoms with Gasteiger partial charge in [-0.15, -0.1) is 0 Å². The topological polar surface area (TPSA) is 15.3 Å². The summed E-state index contributed by atoms with van der Waals surface area (Å²) in [5.74, 6) is 0. The van der Waals surface area contributed by atoms with Crippen LogP contribution < -0.4 is 5.32 Å². The van der Waals surface area contributed by atoms with Gasteiger partial charge < -0.3 is 5.32 Å². The average Bonchev–Trinajstić information content (AvgIpc) is 2.23. The Morgan fingerprint density at radius 2 is 2.29 bits per heavy atom. The van der Waals surface area contributed by atoms with Crippen LogP contribution in [0, 0.1) is 0 Å². The first kappa shape index (κ1) is 10.6. The molecule has 0 saturated carbocycles. The molecule has 2 nitrogen and oxygen atoms in total. The number of halogens is 1. The van der Waals surface area contributed by atoms with Crippen molar-refractivity contribution >= 4 is 22.6 Å². The summed E-state index contributed by atoms with van der Waals surface area (Å²) in [4.78, 5) is 2.54. The van der Waals surface area contributed by atoms with Gasteiger partial charge in [0.1, 0.15) is 0 Å². The van der Waals surface area contributed by atoms with Crippen molar-refractivity contribution in [3.05, 3.63) is 21.3 Å². The summed E-state index contributed by atoms with van der Waals surface area (Å²) in [6.07, 6.45) is 7.18. The highest BCUT2D eigenvalue weighted by atomic mass is 127. The third-order valence-electron chi connectivity index (χ3n) is 2.82. The van der Waals surface area contributed by atoms with E-state index in [1.54, 1.807) is 5.57 Å². The van der Waals surface area contributed by atoms with Crippen LogP contribution in [0.2, 0.25) is 0 Å². The quantitative estimate of drug-likeness (QED) is 0.619. The first-order chi connectivity index (χ1) is 6.84. The predicted octanol–water partition coefficient (Wildman–Crippen LogP) is 1.93. The van der Waals surface area contributed by atoms with Crippen molar-refractivity contribution in [3.63, 3.8) is 0 Å². The van der Waals surface area contributed by atoms with Crippen LogP contribution in [0.15, 0.2) is 21.3 Å². The molecule has 0 radical (unpaired) electrons. The van der Waals surface area contributed by atoms with Gasteiger partial charge in [-0.1, -0.05) is 17.7 Å². The van der Waals surface area contributed by atoms with Gasteiger partial charge in [-0.05, 0) is 45.6 Å². The molecule has 0 aliphatic carbocycles. The van der Waals surface area contributed by atoms with Crippen molar-refractivity contribution in [3.8, 4) is 0 Å². The smallest absolute Gasteiger partial charge is 0.0197 e. The van der Waals surface area contributed by atoms with E-state index in [9.17, 15) is 0 Å². The zero-order valence-electron chi connectivity index (χ0n) is 8.43. The molecule has 0 atom stereocenters. The van der Waals surface area contributed by atoms with Crippen molar-refractivity contribution in [1.29, 1.82) is 0 Å². The van der Waals surface area contributed by atoms with Gasteiger partial charge in [0.25, 0.3) is 0 Å². The molecule has 2 heterocycles. The fourth-order valence-corrected chi connectivity index (χ4v) is 2.37. The van der Waals surface area contributed by atoms with Gasteiger partial charge in [-0.2, -0.15) is 0 Å². The molecule has 0 aromatic rings. The molecule has 14 heavy (non-hydrogen) atoms. The average molecular weight is 304 g/mol. The second kappa shape index (κ2) is 5.28. The van der Waals surface area contributed by atoms with Crippen LogP contribution in [0.25, 0.3) is 0 Å². The molecule has 2 aliphatic rings. The Morgan fingerprint density at radius 3 is 2.93 bits per heavy atom. The van der Waals surface area contributed by atoms with Gasteiger partial charge in [0.2, 0.25) is 0 Å². The molecule has 1 N–H and O–H groups in total. The zero-order valence-corrected chi connectivity index (χ0v) is 10.6. The third kappa shape index (κ3) is 3.07. The van der Waals surface area contributed by atoms with E-state index in [2.05, 4.69) is 45.0 Å². The van der Waals surface area contributed by atoms with Crippen LogP contribution >= 0.6 is 22.6 Å². The van der Waals surface area contributed by atoms with Crippen molar-refractivity contribution in [2.45, 2.75) is 12.8 Å². The van der Waals surface area contributed by atoms with Gasteiger partial charge in [-0.3, -0.25) is 4.90 Å². The highest BCUT2D eigenvalue weighted by molar-refractivity contribution is 14.1. The summed E-state index contributed by atoms with van der Waals surface area (Å²) in [6.45, 7) is 5.79. The second-order valence-corrected chi connectivity index (χ2v) is 5.34. The minimum Gasteiger partial charge on any atom is -0.313 e. The summed E-state index contributed by atoms with van der Waals surface area (Å²) in [6, 6.07) is 0. The standard InChI is InChI=1S/C11H17IN2/c12-11-3-7-14(8-4-11)9-10-1-5-13-6-2-10/h1,3,13H,2,4-9H2. The van der Waals surface area contributed by atoms with Crippen LogP contribution in [0.5, 0.6) is 0 Å². The number of nitrogens with one attached hydrogen (secondary N) is 1. The van der Waals surface area contributed by atoms with Gasteiger partial charge >= 0.3 is 0 Å². The molecule has 0 saturated heterocycles. The van der Waals surface area contributed by atoms with E-state index in [-0.39, 0.29) is 0 Å². The van der Waals surface area contributed by atoms with Crippen molar-refractivity contribution in [2.24, 2.45) is 0 Å². The summed E-state index contributed by atoms with van der Waals surface area (Å²) < 4.78 is 1.53. The van der Waals surface area contributed by atoms with E-state index in [4.69, 9.17) is 0 Å². The lowest BCUT2D eigenvalue weighted by atomic mass is 10.1. The summed E-state index contributed by atoms with van der Waals surface area (Å²) in [7, 11) is 0. The van der Waals surface area contributed by atoms with Crippen LogP contribution in [-0.2, 0) is 0 Å². The molecule has 2 rings (SSSR count).